The molecule has 0 spiro atoms. The van der Waals surface area contributed by atoms with Crippen molar-refractivity contribution in [3.63, 3.8) is 0 Å². The fourth-order valence-corrected chi connectivity index (χ4v) is 3.88. The summed E-state index contributed by atoms with van der Waals surface area (Å²) in [6, 6.07) is 31.7. The molecule has 40 heavy (non-hydrogen) atoms. The van der Waals surface area contributed by atoms with Crippen molar-refractivity contribution in [2.24, 2.45) is 5.10 Å². The van der Waals surface area contributed by atoms with Gasteiger partial charge >= 0.3 is 11.9 Å². The number of carbonyl (C=O) groups is 3. The first-order chi connectivity index (χ1) is 19.5. The lowest BCUT2D eigenvalue weighted by molar-refractivity contribution is 0.0731. The fourth-order valence-electron chi connectivity index (χ4n) is 3.88. The smallest absolute Gasteiger partial charge is 0.343 e. The Kier molecular flexibility index (Phi) is 7.60. The highest BCUT2D eigenvalue weighted by atomic mass is 16.5. The molecule has 0 aliphatic rings. The van der Waals surface area contributed by atoms with Crippen LogP contribution in [0.2, 0.25) is 0 Å². The van der Waals surface area contributed by atoms with Gasteiger partial charge in [-0.3, -0.25) is 4.79 Å². The van der Waals surface area contributed by atoms with Crippen LogP contribution in [0.1, 0.15) is 36.6 Å². The second kappa shape index (κ2) is 11.7. The number of nitrogens with one attached hydrogen (secondary N) is 1. The van der Waals surface area contributed by atoms with Crippen LogP contribution in [0, 0.1) is 0 Å². The number of fused-ring (bicyclic) bond motifs is 1. The Morgan fingerprint density at radius 1 is 0.675 bits per heavy atom. The predicted octanol–water partition coefficient (Wildman–Crippen LogP) is 5.75. The minimum absolute atomic E-state index is 0.0507. The summed E-state index contributed by atoms with van der Waals surface area (Å²) >= 11 is 0. The van der Waals surface area contributed by atoms with Gasteiger partial charge in [0.2, 0.25) is 0 Å². The van der Waals surface area contributed by atoms with Crippen molar-refractivity contribution in [3.05, 3.63) is 138 Å². The average Bonchev–Trinajstić information content (AvgIpc) is 2.98. The summed E-state index contributed by atoms with van der Waals surface area (Å²) in [6.45, 7) is 0. The first-order valence-corrected chi connectivity index (χ1v) is 12.2. The summed E-state index contributed by atoms with van der Waals surface area (Å²) in [5.41, 5.74) is 3.43. The average molecular weight is 531 g/mol. The Balaban J connectivity index is 1.38. The van der Waals surface area contributed by atoms with Gasteiger partial charge in [0.05, 0.1) is 22.9 Å². The standard InChI is InChI=1S/C32H22N2O6/c35-28-18-24-14-8-7-13-23(24)17-27(28)30(36)34-33-20-25-15-16-26(39-31(37)21-9-3-1-4-10-21)19-29(25)40-32(38)22-11-5-2-6-12-22/h1-20,35H,(H,34,36)/b33-20-. The molecule has 0 heterocycles. The molecule has 8 nitrogen and oxygen atoms in total. The Bertz CT molecular complexity index is 1730. The van der Waals surface area contributed by atoms with Crippen LogP contribution in [0.5, 0.6) is 17.2 Å². The van der Waals surface area contributed by atoms with Crippen LogP contribution in [0.25, 0.3) is 10.8 Å². The highest BCUT2D eigenvalue weighted by Crippen LogP contribution is 2.27. The van der Waals surface area contributed by atoms with Gasteiger partial charge in [0.1, 0.15) is 17.2 Å². The fraction of sp³-hybridized carbons (Fsp3) is 0. The van der Waals surface area contributed by atoms with E-state index in [2.05, 4.69) is 10.5 Å². The summed E-state index contributed by atoms with van der Waals surface area (Å²) in [6.07, 6.45) is 1.28. The van der Waals surface area contributed by atoms with Crippen molar-refractivity contribution >= 4 is 34.8 Å². The van der Waals surface area contributed by atoms with Gasteiger partial charge in [0.15, 0.2) is 0 Å². The molecule has 2 N–H and O–H groups in total. The zero-order valence-electron chi connectivity index (χ0n) is 21.0. The normalized spacial score (nSPS) is 10.8. The van der Waals surface area contributed by atoms with Crippen molar-refractivity contribution in [1.29, 1.82) is 0 Å². The maximum absolute atomic E-state index is 12.8. The van der Waals surface area contributed by atoms with E-state index in [-0.39, 0.29) is 22.8 Å². The lowest BCUT2D eigenvalue weighted by atomic mass is 10.1. The molecule has 0 aliphatic carbocycles. The lowest BCUT2D eigenvalue weighted by Crippen LogP contribution is -2.18. The molecule has 196 valence electrons. The van der Waals surface area contributed by atoms with E-state index in [1.165, 1.54) is 30.5 Å². The zero-order chi connectivity index (χ0) is 27.9. The van der Waals surface area contributed by atoms with Crippen LogP contribution in [0.15, 0.2) is 120 Å². The summed E-state index contributed by atoms with van der Waals surface area (Å²) in [4.78, 5) is 38.0. The summed E-state index contributed by atoms with van der Waals surface area (Å²) in [7, 11) is 0. The number of hydrogen-bond donors (Lipinski definition) is 2. The van der Waals surface area contributed by atoms with E-state index in [0.717, 1.165) is 10.8 Å². The number of benzene rings is 5. The third-order valence-corrected chi connectivity index (χ3v) is 5.90. The molecule has 8 heteroatoms. The Morgan fingerprint density at radius 2 is 1.25 bits per heavy atom. The Hall–Kier alpha value is -5.76. The van der Waals surface area contributed by atoms with Gasteiger partial charge in [-0.2, -0.15) is 5.10 Å². The van der Waals surface area contributed by atoms with Crippen molar-refractivity contribution in [2.45, 2.75) is 0 Å². The van der Waals surface area contributed by atoms with Crippen molar-refractivity contribution in [2.75, 3.05) is 0 Å². The summed E-state index contributed by atoms with van der Waals surface area (Å²) < 4.78 is 11.1. The summed E-state index contributed by atoms with van der Waals surface area (Å²) in [5.74, 6) is -1.83. The first-order valence-electron chi connectivity index (χ1n) is 12.2. The third kappa shape index (κ3) is 6.03. The molecule has 5 aromatic carbocycles. The quantitative estimate of drug-likeness (QED) is 0.120. The van der Waals surface area contributed by atoms with Crippen LogP contribution in [0.3, 0.4) is 0 Å². The monoisotopic (exact) mass is 530 g/mol. The van der Waals surface area contributed by atoms with E-state index in [4.69, 9.17) is 9.47 Å². The van der Waals surface area contributed by atoms with Gasteiger partial charge < -0.3 is 14.6 Å². The molecule has 0 radical (unpaired) electrons. The van der Waals surface area contributed by atoms with E-state index in [1.807, 2.05) is 24.3 Å². The van der Waals surface area contributed by atoms with Crippen molar-refractivity contribution in [1.82, 2.24) is 5.43 Å². The molecule has 0 atom stereocenters. The molecule has 0 saturated heterocycles. The van der Waals surface area contributed by atoms with Crippen molar-refractivity contribution in [3.8, 4) is 17.2 Å². The van der Waals surface area contributed by atoms with Crippen molar-refractivity contribution < 1.29 is 29.0 Å². The molecule has 1 amide bonds. The number of nitrogens with zero attached hydrogens (tertiary/aromatic N) is 1. The highest BCUT2D eigenvalue weighted by Gasteiger charge is 2.16. The molecule has 0 saturated carbocycles. The maximum Gasteiger partial charge on any atom is 0.343 e. The minimum Gasteiger partial charge on any atom is -0.507 e. The predicted molar refractivity (Wildman–Crippen MR) is 150 cm³/mol. The molecule has 5 rings (SSSR count). The van der Waals surface area contributed by atoms with Gasteiger partial charge in [-0.15, -0.1) is 0 Å². The SMILES string of the molecule is O=C(Oc1ccc(/C=N\NC(=O)c2cc3ccccc3cc2O)c(OC(=O)c2ccccc2)c1)c1ccccc1. The zero-order valence-corrected chi connectivity index (χ0v) is 21.0. The number of esters is 2. The van der Waals surface area contributed by atoms with Gasteiger partial charge in [-0.05, 0) is 59.3 Å². The lowest BCUT2D eigenvalue weighted by Gasteiger charge is -2.11. The number of carbonyl (C=O) groups excluding carboxylic acids is 3. The second-order valence-corrected chi connectivity index (χ2v) is 8.63. The number of rotatable bonds is 7. The maximum atomic E-state index is 12.8. The van der Waals surface area contributed by atoms with Crippen LogP contribution in [0.4, 0.5) is 0 Å². The Morgan fingerprint density at radius 3 is 1.90 bits per heavy atom. The number of phenols is 1. The summed E-state index contributed by atoms with van der Waals surface area (Å²) in [5, 5.41) is 15.9. The van der Waals surface area contributed by atoms with Crippen LogP contribution >= 0.6 is 0 Å². The highest BCUT2D eigenvalue weighted by molar-refractivity contribution is 6.02. The van der Waals surface area contributed by atoms with E-state index >= 15 is 0 Å². The molecule has 0 fully saturated rings. The molecule has 0 aromatic heterocycles. The van der Waals surface area contributed by atoms with Gasteiger partial charge in [0, 0.05) is 11.6 Å². The van der Waals surface area contributed by atoms with Crippen LogP contribution in [-0.2, 0) is 0 Å². The Labute approximate surface area is 229 Å². The van der Waals surface area contributed by atoms with Gasteiger partial charge in [0.25, 0.3) is 5.91 Å². The molecule has 0 bridgehead atoms. The van der Waals surface area contributed by atoms with Crippen LogP contribution < -0.4 is 14.9 Å². The molecule has 0 unspecified atom stereocenters. The van der Waals surface area contributed by atoms with E-state index < -0.39 is 17.8 Å². The molecule has 5 aromatic rings. The number of aromatic hydroxyl groups is 1. The number of ether oxygens (including phenoxy) is 2. The van der Waals surface area contributed by atoms with E-state index in [9.17, 15) is 19.5 Å². The molecular formula is C32H22N2O6. The van der Waals surface area contributed by atoms with E-state index in [0.29, 0.717) is 16.7 Å². The largest absolute Gasteiger partial charge is 0.507 e. The number of hydrazone groups is 1. The third-order valence-electron chi connectivity index (χ3n) is 5.90. The first kappa shape index (κ1) is 25.9. The van der Waals surface area contributed by atoms with Crippen LogP contribution in [-0.4, -0.2) is 29.2 Å². The van der Waals surface area contributed by atoms with Gasteiger partial charge in [-0.1, -0.05) is 60.7 Å². The van der Waals surface area contributed by atoms with Gasteiger partial charge in [-0.25, -0.2) is 15.0 Å². The minimum atomic E-state index is -0.632. The molecular weight excluding hydrogens is 508 g/mol. The second-order valence-electron chi connectivity index (χ2n) is 8.63. The molecule has 0 aliphatic heterocycles. The number of hydrogen-bond acceptors (Lipinski definition) is 7. The topological polar surface area (TPSA) is 114 Å². The van der Waals surface area contributed by atoms with E-state index in [1.54, 1.807) is 66.7 Å². The number of phenolic OH excluding ortho intramolecular Hbond substituents is 1. The number of amides is 1.